The third kappa shape index (κ3) is 3.45. The Kier molecular flexibility index (Phi) is 5.15. The molecule has 1 aromatic heterocycles. The van der Waals surface area contributed by atoms with Crippen LogP contribution in [0, 0.1) is 13.8 Å². The van der Waals surface area contributed by atoms with Gasteiger partial charge in [0.05, 0.1) is 5.69 Å². The summed E-state index contributed by atoms with van der Waals surface area (Å²) in [5, 5.41) is 6.88. The lowest BCUT2D eigenvalue weighted by molar-refractivity contribution is -0.111. The fraction of sp³-hybridized carbons (Fsp3) is 0.333. The Morgan fingerprint density at radius 1 is 1.23 bits per heavy atom. The number of carbonyl (C=O) groups is 1. The van der Waals surface area contributed by atoms with Crippen LogP contribution in [0.5, 0.6) is 0 Å². The molecule has 1 aromatic carbocycles. The molecule has 0 saturated heterocycles. The van der Waals surface area contributed by atoms with Crippen LogP contribution < -0.4 is 5.32 Å². The highest BCUT2D eigenvalue weighted by Gasteiger charge is 2.09. The lowest BCUT2D eigenvalue weighted by Crippen LogP contribution is -2.11. The van der Waals surface area contributed by atoms with Crippen LogP contribution in [0.3, 0.4) is 0 Å². The van der Waals surface area contributed by atoms with Crippen LogP contribution in [0.1, 0.15) is 42.0 Å². The van der Waals surface area contributed by atoms with Gasteiger partial charge in [0, 0.05) is 17.3 Å². The van der Waals surface area contributed by atoms with Gasteiger partial charge in [0.1, 0.15) is 5.76 Å². The molecule has 2 rings (SSSR count). The van der Waals surface area contributed by atoms with Gasteiger partial charge in [-0.2, -0.15) is 0 Å². The van der Waals surface area contributed by atoms with Gasteiger partial charge in [-0.15, -0.1) is 0 Å². The fourth-order valence-electron chi connectivity index (χ4n) is 2.46. The minimum atomic E-state index is -0.143. The van der Waals surface area contributed by atoms with E-state index in [-0.39, 0.29) is 5.91 Å². The number of hydrogen-bond acceptors (Lipinski definition) is 3. The first-order valence-corrected chi connectivity index (χ1v) is 7.59. The number of aromatic nitrogens is 1. The van der Waals surface area contributed by atoms with Gasteiger partial charge < -0.3 is 9.84 Å². The lowest BCUT2D eigenvalue weighted by Gasteiger charge is -2.13. The maximum absolute atomic E-state index is 12.2. The number of benzene rings is 1. The van der Waals surface area contributed by atoms with Crippen molar-refractivity contribution in [2.75, 3.05) is 5.32 Å². The van der Waals surface area contributed by atoms with E-state index in [1.807, 2.05) is 32.0 Å². The zero-order valence-electron chi connectivity index (χ0n) is 13.6. The van der Waals surface area contributed by atoms with Gasteiger partial charge in [-0.25, -0.2) is 0 Å². The highest BCUT2D eigenvalue weighted by molar-refractivity contribution is 6.03. The SMILES string of the molecule is CCc1cccc(CC)c1NC(=O)C=Cc1c(C)noc1C. The standard InChI is InChI=1S/C18H22N2O2/c1-5-14-8-7-9-15(6-2)18(14)19-17(21)11-10-16-12(3)20-22-13(16)4/h7-11H,5-6H2,1-4H3,(H,19,21). The molecule has 0 aliphatic heterocycles. The Bertz CT molecular complexity index is 657. The van der Waals surface area contributed by atoms with E-state index < -0.39 is 0 Å². The van der Waals surface area contributed by atoms with Crippen molar-refractivity contribution in [2.45, 2.75) is 40.5 Å². The average molecular weight is 298 g/mol. The Hall–Kier alpha value is -2.36. The molecule has 0 aliphatic carbocycles. The molecule has 1 heterocycles. The lowest BCUT2D eigenvalue weighted by atomic mass is 10.0. The maximum atomic E-state index is 12.2. The van der Waals surface area contributed by atoms with Crippen molar-refractivity contribution >= 4 is 17.7 Å². The third-order valence-electron chi connectivity index (χ3n) is 3.74. The minimum Gasteiger partial charge on any atom is -0.361 e. The summed E-state index contributed by atoms with van der Waals surface area (Å²) in [7, 11) is 0. The number of amides is 1. The second-order valence-electron chi connectivity index (χ2n) is 5.22. The topological polar surface area (TPSA) is 55.1 Å². The molecule has 1 N–H and O–H groups in total. The molecule has 0 atom stereocenters. The molecule has 4 nitrogen and oxygen atoms in total. The first-order chi connectivity index (χ1) is 10.6. The van der Waals surface area contributed by atoms with Crippen LogP contribution in [0.25, 0.3) is 6.08 Å². The molecule has 0 radical (unpaired) electrons. The number of nitrogens with zero attached hydrogens (tertiary/aromatic N) is 1. The summed E-state index contributed by atoms with van der Waals surface area (Å²) < 4.78 is 5.09. The Morgan fingerprint density at radius 2 is 1.86 bits per heavy atom. The molecule has 22 heavy (non-hydrogen) atoms. The van der Waals surface area contributed by atoms with Gasteiger partial charge in [-0.05, 0) is 43.9 Å². The Morgan fingerprint density at radius 3 is 2.36 bits per heavy atom. The van der Waals surface area contributed by atoms with E-state index in [0.29, 0.717) is 5.76 Å². The monoisotopic (exact) mass is 298 g/mol. The van der Waals surface area contributed by atoms with Gasteiger partial charge in [0.2, 0.25) is 5.91 Å². The molecule has 0 unspecified atom stereocenters. The van der Waals surface area contributed by atoms with Crippen LogP contribution in [-0.4, -0.2) is 11.1 Å². The van der Waals surface area contributed by atoms with Crippen molar-refractivity contribution in [1.82, 2.24) is 5.16 Å². The molecule has 1 amide bonds. The zero-order chi connectivity index (χ0) is 16.1. The molecule has 0 saturated carbocycles. The van der Waals surface area contributed by atoms with Crippen molar-refractivity contribution in [3.8, 4) is 0 Å². The number of aryl methyl sites for hydroxylation is 4. The van der Waals surface area contributed by atoms with Crippen molar-refractivity contribution in [2.24, 2.45) is 0 Å². The number of anilines is 1. The number of carbonyl (C=O) groups excluding carboxylic acids is 1. The molecule has 0 spiro atoms. The summed E-state index contributed by atoms with van der Waals surface area (Å²) in [6.45, 7) is 7.86. The van der Waals surface area contributed by atoms with Gasteiger partial charge in [-0.3, -0.25) is 4.79 Å². The highest BCUT2D eigenvalue weighted by Crippen LogP contribution is 2.22. The molecular weight excluding hydrogens is 276 g/mol. The van der Waals surface area contributed by atoms with Crippen LogP contribution in [0.2, 0.25) is 0 Å². The van der Waals surface area contributed by atoms with Crippen molar-refractivity contribution < 1.29 is 9.32 Å². The van der Waals surface area contributed by atoms with E-state index in [1.54, 1.807) is 6.08 Å². The van der Waals surface area contributed by atoms with Gasteiger partial charge in [0.25, 0.3) is 0 Å². The van der Waals surface area contributed by atoms with Crippen molar-refractivity contribution in [1.29, 1.82) is 0 Å². The van der Waals surface area contributed by atoms with Crippen molar-refractivity contribution in [3.63, 3.8) is 0 Å². The van der Waals surface area contributed by atoms with Crippen LogP contribution in [0.15, 0.2) is 28.8 Å². The van der Waals surface area contributed by atoms with Crippen molar-refractivity contribution in [3.05, 3.63) is 52.4 Å². The minimum absolute atomic E-state index is 0.143. The summed E-state index contributed by atoms with van der Waals surface area (Å²) in [6.07, 6.45) is 5.04. The first kappa shape index (κ1) is 16.0. The maximum Gasteiger partial charge on any atom is 0.248 e. The van der Waals surface area contributed by atoms with Crippen LogP contribution in [-0.2, 0) is 17.6 Å². The molecule has 2 aromatic rings. The van der Waals surface area contributed by atoms with E-state index in [4.69, 9.17) is 4.52 Å². The van der Waals surface area contributed by atoms with E-state index in [1.165, 1.54) is 6.08 Å². The molecule has 116 valence electrons. The second-order valence-corrected chi connectivity index (χ2v) is 5.22. The van der Waals surface area contributed by atoms with Crippen LogP contribution in [0.4, 0.5) is 5.69 Å². The Balaban J connectivity index is 2.19. The number of para-hydroxylation sites is 1. The summed E-state index contributed by atoms with van der Waals surface area (Å²) in [6, 6.07) is 6.13. The summed E-state index contributed by atoms with van der Waals surface area (Å²) in [4.78, 5) is 12.2. The predicted octanol–water partition coefficient (Wildman–Crippen LogP) is 4.07. The van der Waals surface area contributed by atoms with Gasteiger partial charge in [-0.1, -0.05) is 37.2 Å². The molecule has 0 fully saturated rings. The normalized spacial score (nSPS) is 11.1. The zero-order valence-corrected chi connectivity index (χ0v) is 13.6. The van der Waals surface area contributed by atoms with Crippen LogP contribution >= 0.6 is 0 Å². The van der Waals surface area contributed by atoms with E-state index in [2.05, 4.69) is 24.3 Å². The number of rotatable bonds is 5. The van der Waals surface area contributed by atoms with E-state index in [9.17, 15) is 4.79 Å². The van der Waals surface area contributed by atoms with E-state index in [0.717, 1.165) is 40.9 Å². The molecule has 4 heteroatoms. The fourth-order valence-corrected chi connectivity index (χ4v) is 2.46. The first-order valence-electron chi connectivity index (χ1n) is 7.59. The summed E-state index contributed by atoms with van der Waals surface area (Å²) >= 11 is 0. The van der Waals surface area contributed by atoms with Gasteiger partial charge >= 0.3 is 0 Å². The average Bonchev–Trinajstić information content (AvgIpc) is 2.84. The summed E-state index contributed by atoms with van der Waals surface area (Å²) in [5.41, 5.74) is 4.87. The number of hydrogen-bond donors (Lipinski definition) is 1. The molecular formula is C18H22N2O2. The predicted molar refractivity (Wildman–Crippen MR) is 88.8 cm³/mol. The molecule has 0 bridgehead atoms. The quantitative estimate of drug-likeness (QED) is 0.847. The largest absolute Gasteiger partial charge is 0.361 e. The number of nitrogens with one attached hydrogen (secondary N) is 1. The molecule has 0 aliphatic rings. The Labute approximate surface area is 131 Å². The highest BCUT2D eigenvalue weighted by atomic mass is 16.5. The smallest absolute Gasteiger partial charge is 0.248 e. The summed E-state index contributed by atoms with van der Waals surface area (Å²) in [5.74, 6) is 0.570. The third-order valence-corrected chi connectivity index (χ3v) is 3.74. The second kappa shape index (κ2) is 7.07. The van der Waals surface area contributed by atoms with Gasteiger partial charge in [0.15, 0.2) is 0 Å². The van der Waals surface area contributed by atoms with E-state index >= 15 is 0 Å².